The second kappa shape index (κ2) is 5.91. The predicted octanol–water partition coefficient (Wildman–Crippen LogP) is 4.20. The van der Waals surface area contributed by atoms with Crippen LogP contribution in [0.3, 0.4) is 0 Å². The molecule has 0 saturated heterocycles. The van der Waals surface area contributed by atoms with E-state index in [0.717, 1.165) is 11.0 Å². The van der Waals surface area contributed by atoms with Crippen LogP contribution in [-0.4, -0.2) is 21.1 Å². The summed E-state index contributed by atoms with van der Waals surface area (Å²) in [4.78, 5) is 29.9. The first-order valence-electron chi connectivity index (χ1n) is 8.01. The predicted molar refractivity (Wildman–Crippen MR) is 92.3 cm³/mol. The van der Waals surface area contributed by atoms with Crippen molar-refractivity contribution in [3.63, 3.8) is 0 Å². The first-order chi connectivity index (χ1) is 10.5. The number of benzene rings is 1. The molecule has 1 aromatic carbocycles. The van der Waals surface area contributed by atoms with Gasteiger partial charge in [-0.1, -0.05) is 53.7 Å². The molecule has 1 unspecified atom stereocenters. The summed E-state index contributed by atoms with van der Waals surface area (Å²) in [7, 11) is 0. The second-order valence-corrected chi connectivity index (χ2v) is 8.15. The summed E-state index contributed by atoms with van der Waals surface area (Å²) in [5.41, 5.74) is 0.736. The molecule has 1 aromatic heterocycles. The zero-order chi connectivity index (χ0) is 17.4. The van der Waals surface area contributed by atoms with Gasteiger partial charge in [-0.2, -0.15) is 0 Å². The second-order valence-electron chi connectivity index (χ2n) is 8.15. The molecule has 0 N–H and O–H groups in total. The highest BCUT2D eigenvalue weighted by Crippen LogP contribution is 2.31. The van der Waals surface area contributed by atoms with Crippen LogP contribution < -0.4 is 0 Å². The van der Waals surface area contributed by atoms with Gasteiger partial charge in [-0.05, 0) is 12.1 Å². The van der Waals surface area contributed by atoms with E-state index < -0.39 is 16.9 Å². The van der Waals surface area contributed by atoms with Gasteiger partial charge in [0.05, 0.1) is 17.4 Å². The number of nitrogens with zero attached hydrogens (tertiary/aromatic N) is 2. The largest absolute Gasteiger partial charge is 0.319 e. The maximum absolute atomic E-state index is 13.0. The van der Waals surface area contributed by atoms with Crippen molar-refractivity contribution in [2.24, 2.45) is 10.8 Å². The molecule has 0 aliphatic rings. The number of hydrogen-bond acceptors (Lipinski definition) is 3. The molecule has 0 amide bonds. The zero-order valence-corrected chi connectivity index (χ0v) is 14.9. The van der Waals surface area contributed by atoms with E-state index in [2.05, 4.69) is 4.98 Å². The summed E-state index contributed by atoms with van der Waals surface area (Å²) >= 11 is 0. The lowest BCUT2D eigenvalue weighted by atomic mass is 9.80. The molecule has 0 aliphatic carbocycles. The molecule has 0 radical (unpaired) electrons. The van der Waals surface area contributed by atoms with Gasteiger partial charge < -0.3 is 4.57 Å². The third kappa shape index (κ3) is 3.69. The highest BCUT2D eigenvalue weighted by molar-refractivity contribution is 5.94. The zero-order valence-electron chi connectivity index (χ0n) is 14.9. The van der Waals surface area contributed by atoms with Crippen molar-refractivity contribution in [1.29, 1.82) is 0 Å². The highest BCUT2D eigenvalue weighted by atomic mass is 16.1. The number of aromatic nitrogens is 2. The van der Waals surface area contributed by atoms with Crippen LogP contribution >= 0.6 is 0 Å². The maximum Gasteiger partial charge on any atom is 0.161 e. The average Bonchev–Trinajstić information content (AvgIpc) is 2.85. The summed E-state index contributed by atoms with van der Waals surface area (Å²) in [6.07, 6.45) is 1.87. The number of para-hydroxylation sites is 2. The molecule has 4 heteroatoms. The summed E-state index contributed by atoms with van der Waals surface area (Å²) in [6.45, 7) is 11.3. The van der Waals surface area contributed by atoms with Crippen molar-refractivity contribution in [3.8, 4) is 0 Å². The summed E-state index contributed by atoms with van der Waals surface area (Å²) in [5, 5.41) is 0. The van der Waals surface area contributed by atoms with Crippen molar-refractivity contribution in [3.05, 3.63) is 30.6 Å². The van der Waals surface area contributed by atoms with Crippen LogP contribution in [0.2, 0.25) is 0 Å². The fraction of sp³-hybridized carbons (Fsp3) is 0.526. The van der Waals surface area contributed by atoms with E-state index in [4.69, 9.17) is 0 Å². The Morgan fingerprint density at radius 3 is 2.22 bits per heavy atom. The molecule has 0 fully saturated rings. The summed E-state index contributed by atoms with van der Waals surface area (Å²) in [5.74, 6) is 0.135. The van der Waals surface area contributed by atoms with Crippen molar-refractivity contribution < 1.29 is 9.59 Å². The minimum atomic E-state index is -0.520. The molecule has 1 atom stereocenters. The number of carbonyl (C=O) groups excluding carboxylic acids is 2. The quantitative estimate of drug-likeness (QED) is 0.850. The molecule has 4 nitrogen and oxygen atoms in total. The number of Topliss-reactive ketones (excluding diaryl/α,β-unsaturated/α-hetero) is 2. The van der Waals surface area contributed by atoms with Crippen LogP contribution in [0.25, 0.3) is 11.0 Å². The number of imidazole rings is 1. The first kappa shape index (κ1) is 17.4. The van der Waals surface area contributed by atoms with Gasteiger partial charge in [0.2, 0.25) is 0 Å². The highest BCUT2D eigenvalue weighted by Gasteiger charge is 2.35. The van der Waals surface area contributed by atoms with Crippen molar-refractivity contribution in [2.75, 3.05) is 0 Å². The van der Waals surface area contributed by atoms with Gasteiger partial charge in [-0.3, -0.25) is 9.59 Å². The van der Waals surface area contributed by atoms with Crippen LogP contribution in [0, 0.1) is 10.8 Å². The van der Waals surface area contributed by atoms with E-state index >= 15 is 0 Å². The Morgan fingerprint density at radius 1 is 1.04 bits per heavy atom. The summed E-state index contributed by atoms with van der Waals surface area (Å²) < 4.78 is 1.85. The molecule has 0 aliphatic heterocycles. The fourth-order valence-electron chi connectivity index (χ4n) is 2.53. The average molecular weight is 314 g/mol. The smallest absolute Gasteiger partial charge is 0.161 e. The SMILES string of the molecule is CC(C)(C)C(=O)CC(C(=O)C(C)(C)C)n1cnc2ccccc21. The van der Waals surface area contributed by atoms with Crippen molar-refractivity contribution in [2.45, 2.75) is 54.0 Å². The number of ketones is 2. The van der Waals surface area contributed by atoms with Gasteiger partial charge in [-0.25, -0.2) is 4.98 Å². The first-order valence-corrected chi connectivity index (χ1v) is 8.01. The third-order valence-electron chi connectivity index (χ3n) is 4.07. The molecule has 2 aromatic rings. The Hall–Kier alpha value is -1.97. The Balaban J connectivity index is 2.49. The molecular weight excluding hydrogens is 288 g/mol. The number of hydrogen-bond donors (Lipinski definition) is 0. The monoisotopic (exact) mass is 314 g/mol. The van der Waals surface area contributed by atoms with E-state index in [1.54, 1.807) is 6.33 Å². The fourth-order valence-corrected chi connectivity index (χ4v) is 2.53. The molecule has 124 valence electrons. The summed E-state index contributed by atoms with van der Waals surface area (Å²) in [6, 6.07) is 7.17. The van der Waals surface area contributed by atoms with Gasteiger partial charge in [-0.15, -0.1) is 0 Å². The Labute approximate surface area is 137 Å². The minimum Gasteiger partial charge on any atom is -0.319 e. The molecule has 2 rings (SSSR count). The maximum atomic E-state index is 13.0. The van der Waals surface area contributed by atoms with Crippen LogP contribution in [0.5, 0.6) is 0 Å². The van der Waals surface area contributed by atoms with Gasteiger partial charge in [0.1, 0.15) is 11.8 Å². The van der Waals surface area contributed by atoms with Crippen LogP contribution in [0.15, 0.2) is 30.6 Å². The topological polar surface area (TPSA) is 52.0 Å². The molecule has 23 heavy (non-hydrogen) atoms. The lowest BCUT2D eigenvalue weighted by Gasteiger charge is -2.28. The Kier molecular flexibility index (Phi) is 4.47. The Morgan fingerprint density at radius 2 is 1.65 bits per heavy atom. The number of fused-ring (bicyclic) bond motifs is 1. The lowest BCUT2D eigenvalue weighted by molar-refractivity contribution is -0.135. The number of carbonyl (C=O) groups is 2. The molecule has 0 spiro atoms. The van der Waals surface area contributed by atoms with Crippen LogP contribution in [0.1, 0.15) is 54.0 Å². The van der Waals surface area contributed by atoms with Gasteiger partial charge >= 0.3 is 0 Å². The molecular formula is C19H26N2O2. The van der Waals surface area contributed by atoms with E-state index in [1.807, 2.05) is 70.4 Å². The van der Waals surface area contributed by atoms with Gasteiger partial charge in [0.25, 0.3) is 0 Å². The van der Waals surface area contributed by atoms with Gasteiger partial charge in [0.15, 0.2) is 5.78 Å². The van der Waals surface area contributed by atoms with E-state index in [1.165, 1.54) is 0 Å². The van der Waals surface area contributed by atoms with Crippen LogP contribution in [-0.2, 0) is 9.59 Å². The van der Waals surface area contributed by atoms with E-state index in [-0.39, 0.29) is 18.0 Å². The molecule has 0 bridgehead atoms. The van der Waals surface area contributed by atoms with Crippen molar-refractivity contribution >= 4 is 22.6 Å². The lowest BCUT2D eigenvalue weighted by Crippen LogP contribution is -2.34. The standard InChI is InChI=1S/C19H26N2O2/c1-18(2,3)16(22)11-15(17(23)19(4,5)6)21-12-20-13-9-7-8-10-14(13)21/h7-10,12,15H,11H2,1-6H3. The molecule has 0 saturated carbocycles. The minimum absolute atomic E-state index is 0.0539. The normalized spacial score (nSPS) is 14.0. The van der Waals surface area contributed by atoms with Crippen LogP contribution in [0.4, 0.5) is 0 Å². The van der Waals surface area contributed by atoms with Gasteiger partial charge in [0, 0.05) is 17.3 Å². The van der Waals surface area contributed by atoms with E-state index in [9.17, 15) is 9.59 Å². The Bertz CT molecular complexity index is 730. The molecule has 1 heterocycles. The third-order valence-corrected chi connectivity index (χ3v) is 4.07. The number of rotatable bonds is 4. The van der Waals surface area contributed by atoms with Crippen molar-refractivity contribution in [1.82, 2.24) is 9.55 Å². The van der Waals surface area contributed by atoms with E-state index in [0.29, 0.717) is 0 Å².